The van der Waals surface area contributed by atoms with Gasteiger partial charge in [0.25, 0.3) is 5.91 Å². The van der Waals surface area contributed by atoms with Gasteiger partial charge in [-0.1, -0.05) is 30.3 Å². The van der Waals surface area contributed by atoms with E-state index in [-0.39, 0.29) is 11.5 Å². The molecule has 0 bridgehead atoms. The summed E-state index contributed by atoms with van der Waals surface area (Å²) in [6, 6.07) is 10.1. The summed E-state index contributed by atoms with van der Waals surface area (Å²) in [5.74, 6) is -0.451. The summed E-state index contributed by atoms with van der Waals surface area (Å²) >= 11 is 0. The Bertz CT molecular complexity index is 659. The number of aromatic nitrogens is 4. The van der Waals surface area contributed by atoms with Crippen LogP contribution in [0.3, 0.4) is 0 Å². The van der Waals surface area contributed by atoms with Gasteiger partial charge in [0.05, 0.1) is 24.5 Å². The number of carbonyl (C=O) groups excluding carboxylic acids is 1. The van der Waals surface area contributed by atoms with Crippen LogP contribution in [0.1, 0.15) is 10.5 Å². The molecule has 102 valence electrons. The fourth-order valence-electron chi connectivity index (χ4n) is 1.53. The molecule has 3 aromatic rings. The number of imidazole rings is 2. The van der Waals surface area contributed by atoms with E-state index in [9.17, 15) is 4.79 Å². The molecule has 6 N–H and O–H groups in total. The van der Waals surface area contributed by atoms with Crippen molar-refractivity contribution >= 4 is 11.7 Å². The number of hydrogen-bond acceptors (Lipinski definition) is 4. The van der Waals surface area contributed by atoms with E-state index in [1.54, 1.807) is 6.33 Å². The highest BCUT2D eigenvalue weighted by Crippen LogP contribution is 2.13. The third-order valence-corrected chi connectivity index (χ3v) is 2.50. The predicted molar refractivity (Wildman–Crippen MR) is 75.5 cm³/mol. The Labute approximate surface area is 115 Å². The van der Waals surface area contributed by atoms with Gasteiger partial charge in [0, 0.05) is 0 Å². The molecule has 0 radical (unpaired) electrons. The minimum Gasteiger partial charge on any atom is -0.382 e. The first-order chi connectivity index (χ1) is 9.68. The number of rotatable bonds is 2. The maximum atomic E-state index is 10.4. The Kier molecular flexibility index (Phi) is 4.13. The molecule has 0 atom stereocenters. The van der Waals surface area contributed by atoms with Crippen molar-refractivity contribution in [2.75, 3.05) is 5.73 Å². The number of aromatic amines is 2. The molecular weight excluding hydrogens is 256 g/mol. The lowest BCUT2D eigenvalue weighted by molar-refractivity contribution is 0.0997. The molecular formula is C13H14N6O. The van der Waals surface area contributed by atoms with Crippen molar-refractivity contribution in [2.24, 2.45) is 5.73 Å². The zero-order chi connectivity index (χ0) is 14.4. The molecule has 7 heteroatoms. The number of primary amides is 1. The molecule has 1 aromatic carbocycles. The van der Waals surface area contributed by atoms with E-state index in [4.69, 9.17) is 11.5 Å². The third-order valence-electron chi connectivity index (χ3n) is 2.50. The molecule has 2 aromatic heterocycles. The van der Waals surface area contributed by atoms with Crippen molar-refractivity contribution in [1.29, 1.82) is 0 Å². The summed E-state index contributed by atoms with van der Waals surface area (Å²) in [5, 5.41) is 0. The number of nitrogens with two attached hydrogens (primary N) is 2. The number of amides is 1. The van der Waals surface area contributed by atoms with Crippen molar-refractivity contribution < 1.29 is 4.79 Å². The van der Waals surface area contributed by atoms with Crippen LogP contribution in [0.4, 0.5) is 5.82 Å². The van der Waals surface area contributed by atoms with Gasteiger partial charge in [-0.05, 0) is 5.56 Å². The van der Waals surface area contributed by atoms with Gasteiger partial charge in [-0.2, -0.15) is 0 Å². The van der Waals surface area contributed by atoms with E-state index >= 15 is 0 Å². The number of H-pyrrole nitrogens is 2. The molecule has 0 fully saturated rings. The van der Waals surface area contributed by atoms with E-state index in [1.165, 1.54) is 11.9 Å². The van der Waals surface area contributed by atoms with Gasteiger partial charge in [-0.25, -0.2) is 9.97 Å². The molecule has 2 heterocycles. The minimum absolute atomic E-state index is 0.141. The van der Waals surface area contributed by atoms with Gasteiger partial charge in [0.15, 0.2) is 5.82 Å². The minimum atomic E-state index is -0.593. The summed E-state index contributed by atoms with van der Waals surface area (Å²) in [6.07, 6.45) is 4.81. The van der Waals surface area contributed by atoms with Crippen LogP contribution >= 0.6 is 0 Å². The van der Waals surface area contributed by atoms with Crippen molar-refractivity contribution in [2.45, 2.75) is 0 Å². The standard InChI is InChI=1S/C9H8N2.C4H6N4O/c1-2-4-8(5-3-1)9-6-10-7-11-9;5-3-2(4(6)9)7-1-8-3/h1-7H,(H,10,11);1H,5H2,(H2,6,9)(H,7,8). The Balaban J connectivity index is 0.000000151. The molecule has 0 saturated heterocycles. The number of hydrogen-bond donors (Lipinski definition) is 4. The summed E-state index contributed by atoms with van der Waals surface area (Å²) in [6.45, 7) is 0. The molecule has 1 amide bonds. The zero-order valence-electron chi connectivity index (χ0n) is 10.6. The van der Waals surface area contributed by atoms with Crippen molar-refractivity contribution in [3.8, 4) is 11.3 Å². The molecule has 0 aliphatic carbocycles. The van der Waals surface area contributed by atoms with Gasteiger partial charge >= 0.3 is 0 Å². The second kappa shape index (κ2) is 6.19. The van der Waals surface area contributed by atoms with Crippen LogP contribution in [-0.2, 0) is 0 Å². The van der Waals surface area contributed by atoms with E-state index in [1.807, 2.05) is 36.5 Å². The number of benzene rings is 1. The third kappa shape index (κ3) is 3.22. The van der Waals surface area contributed by atoms with Crippen molar-refractivity contribution in [3.05, 3.63) is 54.9 Å². The summed E-state index contributed by atoms with van der Waals surface area (Å²) in [4.78, 5) is 23.4. The van der Waals surface area contributed by atoms with Gasteiger partial charge in [0.2, 0.25) is 0 Å². The highest BCUT2D eigenvalue weighted by molar-refractivity contribution is 5.94. The number of carbonyl (C=O) groups is 1. The largest absolute Gasteiger partial charge is 0.382 e. The van der Waals surface area contributed by atoms with Crippen LogP contribution in [0.15, 0.2) is 49.2 Å². The Hall–Kier alpha value is -3.09. The van der Waals surface area contributed by atoms with Crippen molar-refractivity contribution in [1.82, 2.24) is 19.9 Å². The summed E-state index contributed by atoms with van der Waals surface area (Å²) < 4.78 is 0. The molecule has 0 aliphatic rings. The van der Waals surface area contributed by atoms with Crippen LogP contribution in [0.2, 0.25) is 0 Å². The van der Waals surface area contributed by atoms with E-state index < -0.39 is 5.91 Å². The maximum Gasteiger partial charge on any atom is 0.269 e. The number of nitrogens with one attached hydrogen (secondary N) is 2. The first-order valence-corrected chi connectivity index (χ1v) is 5.81. The normalized spacial score (nSPS) is 9.60. The van der Waals surface area contributed by atoms with E-state index in [2.05, 4.69) is 19.9 Å². The molecule has 7 nitrogen and oxygen atoms in total. The SMILES string of the molecule is NC(=O)c1[nH]cnc1N.c1ccc(-c2cnc[nH]2)cc1. The quantitative estimate of drug-likeness (QED) is 0.557. The topological polar surface area (TPSA) is 126 Å². The Morgan fingerprint density at radius 3 is 2.30 bits per heavy atom. The molecule has 0 unspecified atom stereocenters. The Morgan fingerprint density at radius 1 is 1.10 bits per heavy atom. The Morgan fingerprint density at radius 2 is 1.85 bits per heavy atom. The van der Waals surface area contributed by atoms with E-state index in [0.717, 1.165) is 5.69 Å². The van der Waals surface area contributed by atoms with Crippen LogP contribution in [0.25, 0.3) is 11.3 Å². The number of nitrogens with zero attached hydrogens (tertiary/aromatic N) is 2. The van der Waals surface area contributed by atoms with Crippen molar-refractivity contribution in [3.63, 3.8) is 0 Å². The van der Waals surface area contributed by atoms with Crippen LogP contribution < -0.4 is 11.5 Å². The van der Waals surface area contributed by atoms with Gasteiger partial charge in [-0.3, -0.25) is 4.79 Å². The molecule has 0 aliphatic heterocycles. The van der Waals surface area contributed by atoms with Crippen LogP contribution in [0, 0.1) is 0 Å². The lowest BCUT2D eigenvalue weighted by atomic mass is 10.2. The highest BCUT2D eigenvalue weighted by atomic mass is 16.1. The van der Waals surface area contributed by atoms with Crippen LogP contribution in [-0.4, -0.2) is 25.8 Å². The fourth-order valence-corrected chi connectivity index (χ4v) is 1.53. The maximum absolute atomic E-state index is 10.4. The second-order valence-corrected chi connectivity index (χ2v) is 3.86. The smallest absolute Gasteiger partial charge is 0.269 e. The zero-order valence-corrected chi connectivity index (χ0v) is 10.6. The average molecular weight is 270 g/mol. The molecule has 0 saturated carbocycles. The number of anilines is 1. The molecule has 20 heavy (non-hydrogen) atoms. The first-order valence-electron chi connectivity index (χ1n) is 5.81. The summed E-state index contributed by atoms with van der Waals surface area (Å²) in [7, 11) is 0. The van der Waals surface area contributed by atoms with Crippen LogP contribution in [0.5, 0.6) is 0 Å². The monoisotopic (exact) mass is 270 g/mol. The van der Waals surface area contributed by atoms with Gasteiger partial charge in [-0.15, -0.1) is 0 Å². The average Bonchev–Trinajstić information content (AvgIpc) is 3.11. The molecule has 3 rings (SSSR count). The fraction of sp³-hybridized carbons (Fsp3) is 0. The lowest BCUT2D eigenvalue weighted by Crippen LogP contribution is -2.13. The first kappa shape index (κ1) is 13.3. The second-order valence-electron chi connectivity index (χ2n) is 3.86. The lowest BCUT2D eigenvalue weighted by Gasteiger charge is -1.93. The van der Waals surface area contributed by atoms with E-state index in [0.29, 0.717) is 0 Å². The predicted octanol–water partition coefficient (Wildman–Crippen LogP) is 1.17. The highest BCUT2D eigenvalue weighted by Gasteiger charge is 2.05. The van der Waals surface area contributed by atoms with Gasteiger partial charge in [0.1, 0.15) is 5.69 Å². The summed E-state index contributed by atoms with van der Waals surface area (Å²) in [5.41, 5.74) is 12.5. The molecule has 0 spiro atoms. The van der Waals surface area contributed by atoms with Gasteiger partial charge < -0.3 is 21.4 Å². The number of nitrogen functional groups attached to an aromatic ring is 1.